The number of esters is 1. The number of piperidine rings is 1. The predicted molar refractivity (Wildman–Crippen MR) is 101 cm³/mol. The molecule has 2 rings (SSSR count). The summed E-state index contributed by atoms with van der Waals surface area (Å²) in [6.07, 6.45) is 1.67. The molecule has 150 valence electrons. The molecule has 1 aromatic rings. The van der Waals surface area contributed by atoms with Crippen LogP contribution in [-0.2, 0) is 30.8 Å². The second kappa shape index (κ2) is 9.32. The minimum atomic E-state index is -3.47. The van der Waals surface area contributed by atoms with E-state index >= 15 is 0 Å². The van der Waals surface area contributed by atoms with E-state index in [0.717, 1.165) is 12.0 Å². The summed E-state index contributed by atoms with van der Waals surface area (Å²) in [4.78, 5) is 26.1. The molecule has 0 aromatic heterocycles. The zero-order valence-electron chi connectivity index (χ0n) is 16.1. The molecule has 1 aliphatic heterocycles. The predicted octanol–water partition coefficient (Wildman–Crippen LogP) is 1.57. The lowest BCUT2D eigenvalue weighted by Gasteiger charge is -2.34. The van der Waals surface area contributed by atoms with Crippen LogP contribution in [0.5, 0.6) is 0 Å². The smallest absolute Gasteiger partial charge is 0.306 e. The van der Waals surface area contributed by atoms with Crippen LogP contribution in [0.25, 0.3) is 0 Å². The van der Waals surface area contributed by atoms with Gasteiger partial charge >= 0.3 is 5.97 Å². The highest BCUT2D eigenvalue weighted by atomic mass is 32.2. The number of ether oxygens (including phenoxy) is 1. The maximum atomic E-state index is 12.2. The lowest BCUT2D eigenvalue weighted by atomic mass is 9.92. The van der Waals surface area contributed by atoms with Crippen LogP contribution in [-0.4, -0.2) is 51.9 Å². The number of sulfonamides is 1. The van der Waals surface area contributed by atoms with Gasteiger partial charge in [0.05, 0.1) is 4.90 Å². The Morgan fingerprint density at radius 1 is 1.15 bits per heavy atom. The van der Waals surface area contributed by atoms with Gasteiger partial charge in [-0.15, -0.1) is 0 Å². The maximum absolute atomic E-state index is 12.2. The average Bonchev–Trinajstić information content (AvgIpc) is 2.64. The summed E-state index contributed by atoms with van der Waals surface area (Å²) in [5.41, 5.74) is 0.826. The molecule has 1 aliphatic rings. The van der Waals surface area contributed by atoms with Gasteiger partial charge in [-0.2, -0.15) is 0 Å². The molecule has 1 amide bonds. The van der Waals surface area contributed by atoms with Gasteiger partial charge in [0.15, 0.2) is 6.61 Å². The van der Waals surface area contributed by atoms with Gasteiger partial charge in [-0.05, 0) is 49.4 Å². The number of benzene rings is 1. The zero-order valence-corrected chi connectivity index (χ0v) is 16.9. The minimum Gasteiger partial charge on any atom is -0.456 e. The monoisotopic (exact) mass is 396 g/mol. The molecule has 1 heterocycles. The summed E-state index contributed by atoms with van der Waals surface area (Å²) in [7, 11) is -2.11. The van der Waals surface area contributed by atoms with Crippen molar-refractivity contribution in [2.24, 2.45) is 11.8 Å². The normalized spacial score (nSPS) is 20.3. The third-order valence-corrected chi connectivity index (χ3v) is 6.13. The molecule has 1 aromatic carbocycles. The van der Waals surface area contributed by atoms with E-state index in [-0.39, 0.29) is 23.8 Å². The van der Waals surface area contributed by atoms with Gasteiger partial charge in [0.2, 0.25) is 10.0 Å². The SMILES string of the molecule is CNS(=O)(=O)c1ccc(CCC(=O)OCC(=O)N2CC(C)CC(C)C2)cc1. The van der Waals surface area contributed by atoms with Crippen molar-refractivity contribution in [3.8, 4) is 0 Å². The lowest BCUT2D eigenvalue weighted by molar-refractivity contribution is -0.153. The van der Waals surface area contributed by atoms with Crippen LogP contribution >= 0.6 is 0 Å². The Kier molecular flexibility index (Phi) is 7.38. The Labute approximate surface area is 161 Å². The molecular formula is C19H28N2O5S. The Morgan fingerprint density at radius 3 is 2.30 bits per heavy atom. The molecule has 0 spiro atoms. The van der Waals surface area contributed by atoms with Crippen LogP contribution < -0.4 is 4.72 Å². The first-order valence-corrected chi connectivity index (χ1v) is 10.7. The minimum absolute atomic E-state index is 0.137. The quantitative estimate of drug-likeness (QED) is 0.707. The Balaban J connectivity index is 1.77. The van der Waals surface area contributed by atoms with E-state index in [2.05, 4.69) is 18.6 Å². The molecule has 1 saturated heterocycles. The molecular weight excluding hydrogens is 368 g/mol. The molecule has 2 unspecified atom stereocenters. The van der Waals surface area contributed by atoms with Crippen molar-refractivity contribution < 1.29 is 22.7 Å². The molecule has 0 saturated carbocycles. The highest BCUT2D eigenvalue weighted by Crippen LogP contribution is 2.21. The first-order chi connectivity index (χ1) is 12.7. The van der Waals surface area contributed by atoms with Gasteiger partial charge < -0.3 is 9.64 Å². The summed E-state index contributed by atoms with van der Waals surface area (Å²) in [6, 6.07) is 6.32. The second-order valence-corrected chi connectivity index (χ2v) is 9.14. The van der Waals surface area contributed by atoms with Crippen molar-refractivity contribution in [3.63, 3.8) is 0 Å². The third-order valence-electron chi connectivity index (χ3n) is 4.70. The Morgan fingerprint density at radius 2 is 1.74 bits per heavy atom. The zero-order chi connectivity index (χ0) is 20.0. The van der Waals surface area contributed by atoms with Gasteiger partial charge in [0.25, 0.3) is 5.91 Å². The molecule has 0 radical (unpaired) electrons. The maximum Gasteiger partial charge on any atom is 0.306 e. The number of aryl methyl sites for hydroxylation is 1. The number of rotatable bonds is 7. The van der Waals surface area contributed by atoms with Gasteiger partial charge in [-0.25, -0.2) is 13.1 Å². The third kappa shape index (κ3) is 6.32. The fraction of sp³-hybridized carbons (Fsp3) is 0.579. The van der Waals surface area contributed by atoms with Crippen molar-refractivity contribution >= 4 is 21.9 Å². The molecule has 0 bridgehead atoms. The highest BCUT2D eigenvalue weighted by molar-refractivity contribution is 7.89. The summed E-state index contributed by atoms with van der Waals surface area (Å²) >= 11 is 0. The molecule has 27 heavy (non-hydrogen) atoms. The van der Waals surface area contributed by atoms with Crippen molar-refractivity contribution in [2.75, 3.05) is 26.7 Å². The standard InChI is InChI=1S/C19H28N2O5S/c1-14-10-15(2)12-21(11-14)18(22)13-26-19(23)9-6-16-4-7-17(8-5-16)27(24,25)20-3/h4-5,7-8,14-15,20H,6,9-13H2,1-3H3. The number of likely N-dealkylation sites (tertiary alicyclic amines) is 1. The van der Waals surface area contributed by atoms with E-state index in [1.807, 2.05) is 0 Å². The van der Waals surface area contributed by atoms with E-state index in [1.165, 1.54) is 19.2 Å². The summed E-state index contributed by atoms with van der Waals surface area (Å²) in [5, 5.41) is 0. The van der Waals surface area contributed by atoms with Crippen molar-refractivity contribution in [1.82, 2.24) is 9.62 Å². The highest BCUT2D eigenvalue weighted by Gasteiger charge is 2.25. The van der Waals surface area contributed by atoms with E-state index in [0.29, 0.717) is 31.3 Å². The fourth-order valence-electron chi connectivity index (χ4n) is 3.37. The number of amides is 1. The van der Waals surface area contributed by atoms with E-state index in [9.17, 15) is 18.0 Å². The van der Waals surface area contributed by atoms with Gasteiger partial charge in [-0.1, -0.05) is 26.0 Å². The van der Waals surface area contributed by atoms with Crippen molar-refractivity contribution in [1.29, 1.82) is 0 Å². The Bertz CT molecular complexity index is 751. The van der Waals surface area contributed by atoms with Crippen LogP contribution in [0.3, 0.4) is 0 Å². The molecule has 0 aliphatic carbocycles. The van der Waals surface area contributed by atoms with E-state index in [1.54, 1.807) is 17.0 Å². The first kappa shape index (κ1) is 21.4. The molecule has 7 nitrogen and oxygen atoms in total. The Hall–Kier alpha value is -1.93. The lowest BCUT2D eigenvalue weighted by Crippen LogP contribution is -2.44. The summed E-state index contributed by atoms with van der Waals surface area (Å²) in [6.45, 7) is 5.44. The summed E-state index contributed by atoms with van der Waals surface area (Å²) in [5.74, 6) is 0.336. The van der Waals surface area contributed by atoms with Gasteiger partial charge in [0, 0.05) is 19.5 Å². The first-order valence-electron chi connectivity index (χ1n) is 9.17. The topological polar surface area (TPSA) is 92.8 Å². The number of hydrogen-bond donors (Lipinski definition) is 1. The van der Waals surface area contributed by atoms with Crippen LogP contribution in [0.4, 0.5) is 0 Å². The molecule has 2 atom stereocenters. The second-order valence-electron chi connectivity index (χ2n) is 7.26. The average molecular weight is 397 g/mol. The number of carbonyl (C=O) groups excluding carboxylic acids is 2. The molecule has 8 heteroatoms. The summed E-state index contributed by atoms with van der Waals surface area (Å²) < 4.78 is 30.7. The van der Waals surface area contributed by atoms with Crippen molar-refractivity contribution in [3.05, 3.63) is 29.8 Å². The van der Waals surface area contributed by atoms with Crippen LogP contribution in [0.1, 0.15) is 32.3 Å². The van der Waals surface area contributed by atoms with Crippen LogP contribution in [0.15, 0.2) is 29.2 Å². The number of nitrogens with one attached hydrogen (secondary N) is 1. The van der Waals surface area contributed by atoms with Crippen LogP contribution in [0.2, 0.25) is 0 Å². The van der Waals surface area contributed by atoms with Crippen molar-refractivity contribution in [2.45, 2.75) is 38.0 Å². The largest absolute Gasteiger partial charge is 0.456 e. The number of carbonyl (C=O) groups is 2. The van der Waals surface area contributed by atoms with Crippen LogP contribution in [0, 0.1) is 11.8 Å². The van der Waals surface area contributed by atoms with E-state index < -0.39 is 16.0 Å². The molecule has 1 N–H and O–H groups in total. The van der Waals surface area contributed by atoms with Gasteiger partial charge in [0.1, 0.15) is 0 Å². The number of nitrogens with zero attached hydrogens (tertiary/aromatic N) is 1. The van der Waals surface area contributed by atoms with E-state index in [4.69, 9.17) is 4.74 Å². The fourth-order valence-corrected chi connectivity index (χ4v) is 4.10. The van der Waals surface area contributed by atoms with Gasteiger partial charge in [-0.3, -0.25) is 9.59 Å². The molecule has 1 fully saturated rings. The number of hydrogen-bond acceptors (Lipinski definition) is 5.